The van der Waals surface area contributed by atoms with Crippen LogP contribution in [0.3, 0.4) is 0 Å². The van der Waals surface area contributed by atoms with Crippen LogP contribution in [0, 0.1) is 0 Å². The van der Waals surface area contributed by atoms with Gasteiger partial charge in [-0.1, -0.05) is 25.8 Å². The number of esters is 1. The Balaban J connectivity index is 2.52. The van der Waals surface area contributed by atoms with Gasteiger partial charge in [-0.05, 0) is 43.4 Å². The summed E-state index contributed by atoms with van der Waals surface area (Å²) >= 11 is 0. The van der Waals surface area contributed by atoms with Crippen molar-refractivity contribution in [1.29, 1.82) is 0 Å². The second-order valence-electron chi connectivity index (χ2n) is 6.34. The number of hydrogen-bond donors (Lipinski definition) is 1. The number of carbonyl (C=O) groups excluding carboxylic acids is 1. The van der Waals surface area contributed by atoms with Gasteiger partial charge in [-0.2, -0.15) is 0 Å². The van der Waals surface area contributed by atoms with Gasteiger partial charge in [0.05, 0.1) is 20.3 Å². The summed E-state index contributed by atoms with van der Waals surface area (Å²) in [4.78, 5) is 11.2. The lowest BCUT2D eigenvalue weighted by Gasteiger charge is -2.20. The van der Waals surface area contributed by atoms with Crippen molar-refractivity contribution in [2.24, 2.45) is 0 Å². The van der Waals surface area contributed by atoms with Crippen molar-refractivity contribution in [1.82, 2.24) is 0 Å². The molecule has 0 saturated carbocycles. The van der Waals surface area contributed by atoms with Crippen molar-refractivity contribution >= 4 is 5.97 Å². The smallest absolute Gasteiger partial charge is 0.302 e. The Morgan fingerprint density at radius 3 is 2.44 bits per heavy atom. The van der Waals surface area contributed by atoms with Crippen LogP contribution in [-0.2, 0) is 16.0 Å². The van der Waals surface area contributed by atoms with Gasteiger partial charge in [-0.25, -0.2) is 0 Å². The molecule has 1 aromatic carbocycles. The van der Waals surface area contributed by atoms with Gasteiger partial charge in [0.25, 0.3) is 0 Å². The molecule has 25 heavy (non-hydrogen) atoms. The molecule has 0 aliphatic heterocycles. The Bertz CT molecular complexity index is 515. The molecule has 0 unspecified atom stereocenters. The quantitative estimate of drug-likeness (QED) is 0.456. The summed E-state index contributed by atoms with van der Waals surface area (Å²) in [6.45, 7) is 3.56. The first kappa shape index (κ1) is 21.3. The van der Waals surface area contributed by atoms with Crippen LogP contribution in [0.25, 0.3) is 0 Å². The number of aliphatic hydroxyl groups is 1. The van der Waals surface area contributed by atoms with Gasteiger partial charge in [0, 0.05) is 13.3 Å². The standard InChI is InChI=1S/C20H32O5/c1-5-6-7-8-18(25-15(2)21)14-17(22)11-9-16-10-12-19(23-3)20(13-16)24-4/h10,12-13,17-18,22H,5-9,11,14H2,1-4H3/t17-,18-/m1/s1. The third-order valence-corrected chi connectivity index (χ3v) is 4.21. The highest BCUT2D eigenvalue weighted by molar-refractivity contribution is 5.66. The molecule has 0 heterocycles. The predicted octanol–water partition coefficient (Wildman–Crippen LogP) is 3.90. The van der Waals surface area contributed by atoms with E-state index < -0.39 is 6.10 Å². The minimum absolute atomic E-state index is 0.204. The molecule has 1 aromatic rings. The lowest BCUT2D eigenvalue weighted by molar-refractivity contribution is -0.148. The molecule has 0 amide bonds. The van der Waals surface area contributed by atoms with E-state index in [1.54, 1.807) is 14.2 Å². The zero-order valence-electron chi connectivity index (χ0n) is 15.9. The largest absolute Gasteiger partial charge is 0.493 e. The normalized spacial score (nSPS) is 13.2. The number of aryl methyl sites for hydroxylation is 1. The lowest BCUT2D eigenvalue weighted by Crippen LogP contribution is -2.23. The van der Waals surface area contributed by atoms with Crippen molar-refractivity contribution in [2.75, 3.05) is 14.2 Å². The average molecular weight is 352 g/mol. The topological polar surface area (TPSA) is 65.0 Å². The minimum Gasteiger partial charge on any atom is -0.493 e. The maximum atomic E-state index is 11.2. The summed E-state index contributed by atoms with van der Waals surface area (Å²) in [6.07, 6.45) is 5.16. The Labute approximate surface area is 151 Å². The van der Waals surface area contributed by atoms with Crippen LogP contribution in [0.1, 0.15) is 57.9 Å². The van der Waals surface area contributed by atoms with Gasteiger partial charge in [-0.3, -0.25) is 4.79 Å². The molecule has 0 spiro atoms. The molecule has 142 valence electrons. The maximum Gasteiger partial charge on any atom is 0.302 e. The highest BCUT2D eigenvalue weighted by atomic mass is 16.5. The van der Waals surface area contributed by atoms with E-state index in [4.69, 9.17) is 14.2 Å². The summed E-state index contributed by atoms with van der Waals surface area (Å²) in [7, 11) is 3.21. The zero-order chi connectivity index (χ0) is 18.7. The summed E-state index contributed by atoms with van der Waals surface area (Å²) in [5.41, 5.74) is 1.08. The van der Waals surface area contributed by atoms with E-state index in [0.29, 0.717) is 24.3 Å². The number of unbranched alkanes of at least 4 members (excludes halogenated alkanes) is 2. The van der Waals surface area contributed by atoms with Gasteiger partial charge in [0.15, 0.2) is 11.5 Å². The number of aliphatic hydroxyl groups excluding tert-OH is 1. The summed E-state index contributed by atoms with van der Waals surface area (Å²) < 4.78 is 15.9. The molecule has 1 rings (SSSR count). The van der Waals surface area contributed by atoms with E-state index in [0.717, 1.165) is 37.7 Å². The molecule has 5 heteroatoms. The third-order valence-electron chi connectivity index (χ3n) is 4.21. The minimum atomic E-state index is -0.501. The highest BCUT2D eigenvalue weighted by Crippen LogP contribution is 2.28. The van der Waals surface area contributed by atoms with Crippen molar-refractivity contribution in [3.8, 4) is 11.5 Å². The van der Waals surface area contributed by atoms with E-state index in [1.165, 1.54) is 6.92 Å². The van der Waals surface area contributed by atoms with E-state index >= 15 is 0 Å². The van der Waals surface area contributed by atoms with E-state index in [2.05, 4.69) is 6.92 Å². The Morgan fingerprint density at radius 2 is 1.84 bits per heavy atom. The second kappa shape index (κ2) is 11.7. The third kappa shape index (κ3) is 8.25. The molecular formula is C20H32O5. The molecule has 0 aliphatic rings. The molecule has 1 N–H and O–H groups in total. The van der Waals surface area contributed by atoms with E-state index in [9.17, 15) is 9.90 Å². The van der Waals surface area contributed by atoms with Gasteiger partial charge in [0.1, 0.15) is 6.10 Å². The molecule has 0 fully saturated rings. The molecule has 5 nitrogen and oxygen atoms in total. The number of ether oxygens (including phenoxy) is 3. The molecule has 0 bridgehead atoms. The SMILES string of the molecule is CCCCC[C@H](C[C@H](O)CCc1ccc(OC)c(OC)c1)OC(C)=O. The van der Waals surface area contributed by atoms with Crippen LogP contribution >= 0.6 is 0 Å². The van der Waals surface area contributed by atoms with E-state index in [1.807, 2.05) is 18.2 Å². The number of benzene rings is 1. The second-order valence-corrected chi connectivity index (χ2v) is 6.34. The molecule has 0 aromatic heterocycles. The maximum absolute atomic E-state index is 11.2. The van der Waals surface area contributed by atoms with E-state index in [-0.39, 0.29) is 12.1 Å². The Morgan fingerprint density at radius 1 is 1.12 bits per heavy atom. The summed E-state index contributed by atoms with van der Waals surface area (Å²) in [5.74, 6) is 1.10. The number of carbonyl (C=O) groups is 1. The number of rotatable bonds is 12. The van der Waals surface area contributed by atoms with Crippen molar-refractivity contribution < 1.29 is 24.1 Å². The van der Waals surface area contributed by atoms with Crippen LogP contribution < -0.4 is 9.47 Å². The molecule has 0 saturated heterocycles. The van der Waals surface area contributed by atoms with Crippen LogP contribution in [-0.4, -0.2) is 37.5 Å². The van der Waals surface area contributed by atoms with Crippen LogP contribution in [0.4, 0.5) is 0 Å². The predicted molar refractivity (Wildman–Crippen MR) is 98.2 cm³/mol. The molecular weight excluding hydrogens is 320 g/mol. The monoisotopic (exact) mass is 352 g/mol. The Hall–Kier alpha value is -1.75. The molecule has 0 radical (unpaired) electrons. The first-order chi connectivity index (χ1) is 12.0. The van der Waals surface area contributed by atoms with Gasteiger partial charge < -0.3 is 19.3 Å². The van der Waals surface area contributed by atoms with Crippen LogP contribution in [0.15, 0.2) is 18.2 Å². The van der Waals surface area contributed by atoms with Crippen molar-refractivity contribution in [2.45, 2.75) is 71.0 Å². The fourth-order valence-corrected chi connectivity index (χ4v) is 2.87. The molecule has 2 atom stereocenters. The first-order valence-electron chi connectivity index (χ1n) is 9.06. The number of methoxy groups -OCH3 is 2. The molecule has 0 aliphatic carbocycles. The van der Waals surface area contributed by atoms with Gasteiger partial charge in [0.2, 0.25) is 0 Å². The summed E-state index contributed by atoms with van der Waals surface area (Å²) in [5, 5.41) is 10.3. The van der Waals surface area contributed by atoms with Crippen molar-refractivity contribution in [3.63, 3.8) is 0 Å². The summed E-state index contributed by atoms with van der Waals surface area (Å²) in [6, 6.07) is 5.77. The van der Waals surface area contributed by atoms with Gasteiger partial charge in [-0.15, -0.1) is 0 Å². The van der Waals surface area contributed by atoms with Crippen molar-refractivity contribution in [3.05, 3.63) is 23.8 Å². The zero-order valence-corrected chi connectivity index (χ0v) is 15.9. The highest BCUT2D eigenvalue weighted by Gasteiger charge is 2.17. The Kier molecular flexibility index (Phi) is 10.0. The van der Waals surface area contributed by atoms with Gasteiger partial charge >= 0.3 is 5.97 Å². The fraction of sp³-hybridized carbons (Fsp3) is 0.650. The fourth-order valence-electron chi connectivity index (χ4n) is 2.87. The first-order valence-corrected chi connectivity index (χ1v) is 9.06. The van der Waals surface area contributed by atoms with Crippen LogP contribution in [0.2, 0.25) is 0 Å². The average Bonchev–Trinajstić information content (AvgIpc) is 2.59. The lowest BCUT2D eigenvalue weighted by atomic mass is 9.99. The number of hydrogen-bond acceptors (Lipinski definition) is 5. The van der Waals surface area contributed by atoms with Crippen LogP contribution in [0.5, 0.6) is 11.5 Å².